The molecule has 0 bridgehead atoms. The summed E-state index contributed by atoms with van der Waals surface area (Å²) in [5.41, 5.74) is 0. The van der Waals surface area contributed by atoms with Crippen molar-refractivity contribution in [3.05, 3.63) is 12.1 Å². The fourth-order valence-corrected chi connectivity index (χ4v) is 1.15. The van der Waals surface area contributed by atoms with E-state index in [1.54, 1.807) is 0 Å². The van der Waals surface area contributed by atoms with Crippen LogP contribution >= 0.6 is 0 Å². The number of phenolic OH excluding ortho intramolecular Hbond substituents is 1. The third kappa shape index (κ3) is 1.44. The number of carbonyl (C=O) groups is 1. The van der Waals surface area contributed by atoms with Gasteiger partial charge in [-0.05, 0) is 0 Å². The fraction of sp³-hybridized carbons (Fsp3) is 0.222. The summed E-state index contributed by atoms with van der Waals surface area (Å²) < 4.78 is 14.8. The Labute approximate surface area is 79.8 Å². The van der Waals surface area contributed by atoms with Crippen LogP contribution in [-0.2, 0) is 4.79 Å². The molecule has 1 aliphatic rings. The Morgan fingerprint density at radius 1 is 1.43 bits per heavy atom. The van der Waals surface area contributed by atoms with E-state index in [0.717, 1.165) is 0 Å². The lowest BCUT2D eigenvalue weighted by atomic mass is 10.3. The maximum Gasteiger partial charge on any atom is 0.308 e. The third-order valence-electron chi connectivity index (χ3n) is 1.71. The fourth-order valence-electron chi connectivity index (χ4n) is 1.15. The van der Waals surface area contributed by atoms with Crippen LogP contribution in [0.3, 0.4) is 0 Å². The molecule has 0 spiro atoms. The second kappa shape index (κ2) is 3.10. The molecule has 0 radical (unpaired) electrons. The zero-order valence-electron chi connectivity index (χ0n) is 7.44. The summed E-state index contributed by atoms with van der Waals surface area (Å²) in [7, 11) is 0. The van der Waals surface area contributed by atoms with E-state index in [1.807, 2.05) is 0 Å². The average Bonchev–Trinajstić information content (AvgIpc) is 2.51. The number of phenols is 1. The summed E-state index contributed by atoms with van der Waals surface area (Å²) in [4.78, 5) is 10.7. The Balaban J connectivity index is 2.37. The van der Waals surface area contributed by atoms with Crippen LogP contribution in [0.5, 0.6) is 23.0 Å². The molecule has 0 saturated carbocycles. The number of fused-ring (bicyclic) bond motifs is 1. The van der Waals surface area contributed by atoms with Crippen molar-refractivity contribution in [2.75, 3.05) is 6.79 Å². The number of hydrogen-bond acceptors (Lipinski definition) is 5. The van der Waals surface area contributed by atoms with Crippen molar-refractivity contribution in [2.24, 2.45) is 0 Å². The third-order valence-corrected chi connectivity index (χ3v) is 1.71. The number of rotatable bonds is 1. The number of benzene rings is 1. The molecule has 1 aromatic rings. The first kappa shape index (κ1) is 8.68. The van der Waals surface area contributed by atoms with E-state index in [-0.39, 0.29) is 18.3 Å². The highest BCUT2D eigenvalue weighted by molar-refractivity contribution is 5.71. The molecule has 0 aromatic heterocycles. The number of carbonyl (C=O) groups excluding carboxylic acids is 1. The van der Waals surface area contributed by atoms with Gasteiger partial charge in [-0.3, -0.25) is 4.79 Å². The van der Waals surface area contributed by atoms with Crippen LogP contribution < -0.4 is 14.2 Å². The van der Waals surface area contributed by atoms with Crippen LogP contribution in [0.2, 0.25) is 0 Å². The van der Waals surface area contributed by atoms with Crippen molar-refractivity contribution in [3.8, 4) is 23.0 Å². The van der Waals surface area contributed by atoms with E-state index in [9.17, 15) is 9.90 Å². The SMILES string of the molecule is CC(=O)Oc1cc2c(cc1O)OCO2. The normalized spacial score (nSPS) is 12.6. The summed E-state index contributed by atoms with van der Waals surface area (Å²) in [6.45, 7) is 1.36. The molecule has 0 amide bonds. The van der Waals surface area contributed by atoms with Gasteiger partial charge in [-0.15, -0.1) is 0 Å². The minimum Gasteiger partial charge on any atom is -0.504 e. The second-order valence-corrected chi connectivity index (χ2v) is 2.77. The van der Waals surface area contributed by atoms with Crippen LogP contribution in [0.1, 0.15) is 6.92 Å². The van der Waals surface area contributed by atoms with Gasteiger partial charge in [0.05, 0.1) is 0 Å². The number of hydrogen-bond donors (Lipinski definition) is 1. The van der Waals surface area contributed by atoms with Gasteiger partial charge in [0.25, 0.3) is 0 Å². The molecule has 5 nitrogen and oxygen atoms in total. The smallest absolute Gasteiger partial charge is 0.308 e. The Hall–Kier alpha value is -1.91. The Morgan fingerprint density at radius 3 is 2.71 bits per heavy atom. The Morgan fingerprint density at radius 2 is 2.07 bits per heavy atom. The van der Waals surface area contributed by atoms with Gasteiger partial charge < -0.3 is 19.3 Å². The molecule has 0 fully saturated rings. The van der Waals surface area contributed by atoms with Gasteiger partial charge in [0.1, 0.15) is 0 Å². The van der Waals surface area contributed by atoms with Crippen molar-refractivity contribution >= 4 is 5.97 Å². The standard InChI is InChI=1S/C9H8O5/c1-5(10)14-7-3-9-8(2-6(7)11)12-4-13-9/h2-3,11H,4H2,1H3. The topological polar surface area (TPSA) is 65.0 Å². The van der Waals surface area contributed by atoms with E-state index in [1.165, 1.54) is 19.1 Å². The lowest BCUT2D eigenvalue weighted by Gasteiger charge is -2.04. The van der Waals surface area contributed by atoms with E-state index in [4.69, 9.17) is 14.2 Å². The molecule has 0 saturated heterocycles. The molecular formula is C9H8O5. The molecule has 0 aliphatic carbocycles. The molecule has 1 N–H and O–H groups in total. The van der Waals surface area contributed by atoms with Gasteiger partial charge >= 0.3 is 5.97 Å². The van der Waals surface area contributed by atoms with Crippen molar-refractivity contribution in [2.45, 2.75) is 6.92 Å². The quantitative estimate of drug-likeness (QED) is 0.537. The molecule has 74 valence electrons. The van der Waals surface area contributed by atoms with Gasteiger partial charge in [-0.25, -0.2) is 0 Å². The second-order valence-electron chi connectivity index (χ2n) is 2.77. The number of esters is 1. The van der Waals surface area contributed by atoms with Crippen LogP contribution in [0.15, 0.2) is 12.1 Å². The predicted molar refractivity (Wildman–Crippen MR) is 45.5 cm³/mol. The predicted octanol–water partition coefficient (Wildman–Crippen LogP) is 1.05. The van der Waals surface area contributed by atoms with E-state index >= 15 is 0 Å². The first-order chi connectivity index (χ1) is 6.66. The summed E-state index contributed by atoms with van der Waals surface area (Å²) in [5.74, 6) is 0.322. The van der Waals surface area contributed by atoms with Crippen molar-refractivity contribution in [1.29, 1.82) is 0 Å². The minimum atomic E-state index is -0.501. The highest BCUT2D eigenvalue weighted by Crippen LogP contribution is 2.41. The highest BCUT2D eigenvalue weighted by Gasteiger charge is 2.18. The van der Waals surface area contributed by atoms with Crippen molar-refractivity contribution in [1.82, 2.24) is 0 Å². The summed E-state index contributed by atoms with van der Waals surface area (Å²) in [6, 6.07) is 2.76. The number of ether oxygens (including phenoxy) is 3. The number of aromatic hydroxyl groups is 1. The Bertz CT molecular complexity index is 385. The molecular weight excluding hydrogens is 188 g/mol. The lowest BCUT2D eigenvalue weighted by Crippen LogP contribution is -2.01. The maximum atomic E-state index is 10.7. The molecule has 5 heteroatoms. The van der Waals surface area contributed by atoms with Crippen LogP contribution in [-0.4, -0.2) is 17.9 Å². The van der Waals surface area contributed by atoms with E-state index < -0.39 is 5.97 Å². The molecule has 0 unspecified atom stereocenters. The maximum absolute atomic E-state index is 10.7. The molecule has 1 aliphatic heterocycles. The van der Waals surface area contributed by atoms with Gasteiger partial charge in [-0.2, -0.15) is 0 Å². The van der Waals surface area contributed by atoms with Crippen LogP contribution in [0.4, 0.5) is 0 Å². The lowest BCUT2D eigenvalue weighted by molar-refractivity contribution is -0.132. The van der Waals surface area contributed by atoms with E-state index in [2.05, 4.69) is 0 Å². The largest absolute Gasteiger partial charge is 0.504 e. The zero-order valence-corrected chi connectivity index (χ0v) is 7.44. The highest BCUT2D eigenvalue weighted by atomic mass is 16.7. The van der Waals surface area contributed by atoms with Crippen LogP contribution in [0.25, 0.3) is 0 Å². The summed E-state index contributed by atoms with van der Waals surface area (Å²) in [5, 5.41) is 9.41. The molecule has 1 aromatic carbocycles. The molecule has 0 atom stereocenters. The van der Waals surface area contributed by atoms with Gasteiger partial charge in [-0.1, -0.05) is 0 Å². The van der Waals surface area contributed by atoms with Crippen LogP contribution in [0, 0.1) is 0 Å². The monoisotopic (exact) mass is 196 g/mol. The van der Waals surface area contributed by atoms with Crippen molar-refractivity contribution in [3.63, 3.8) is 0 Å². The Kier molecular flexibility index (Phi) is 1.92. The zero-order chi connectivity index (χ0) is 10.1. The first-order valence-electron chi connectivity index (χ1n) is 3.98. The first-order valence-corrected chi connectivity index (χ1v) is 3.98. The molecule has 1 heterocycles. The molecule has 2 rings (SSSR count). The van der Waals surface area contributed by atoms with Gasteiger partial charge in [0.15, 0.2) is 23.0 Å². The van der Waals surface area contributed by atoms with E-state index in [0.29, 0.717) is 11.5 Å². The minimum absolute atomic E-state index is 0.0711. The van der Waals surface area contributed by atoms with Gasteiger partial charge in [0.2, 0.25) is 6.79 Å². The van der Waals surface area contributed by atoms with Crippen molar-refractivity contribution < 1.29 is 24.1 Å². The molecule has 14 heavy (non-hydrogen) atoms. The van der Waals surface area contributed by atoms with Gasteiger partial charge in [0, 0.05) is 19.1 Å². The summed E-state index contributed by atoms with van der Waals surface area (Å²) in [6.07, 6.45) is 0. The summed E-state index contributed by atoms with van der Waals surface area (Å²) >= 11 is 0. The average molecular weight is 196 g/mol.